The number of aromatic nitrogens is 4. The van der Waals surface area contributed by atoms with E-state index in [1.54, 1.807) is 0 Å². The van der Waals surface area contributed by atoms with Crippen LogP contribution in [-0.2, 0) is 29.0 Å². The summed E-state index contributed by atoms with van der Waals surface area (Å²) in [5, 5.41) is 11.8. The number of benzene rings is 2. The lowest BCUT2D eigenvalue weighted by molar-refractivity contribution is -0.149. The van der Waals surface area contributed by atoms with Gasteiger partial charge < -0.3 is 9.15 Å². The molecule has 0 fully saturated rings. The third kappa shape index (κ3) is 4.27. The number of rotatable bonds is 7. The fourth-order valence-corrected chi connectivity index (χ4v) is 3.29. The third-order valence-electron chi connectivity index (χ3n) is 4.90. The van der Waals surface area contributed by atoms with Gasteiger partial charge in [0.2, 0.25) is 0 Å². The number of tetrazole rings is 1. The molecule has 2 heterocycles. The van der Waals surface area contributed by atoms with Crippen LogP contribution in [0.25, 0.3) is 11.0 Å². The minimum atomic E-state index is -0.722. The van der Waals surface area contributed by atoms with Gasteiger partial charge in [-0.2, -0.15) is 0 Å². The van der Waals surface area contributed by atoms with E-state index in [4.69, 9.17) is 9.15 Å². The number of carbonyl (C=O) groups is 1. The number of aryl methyl sites for hydroxylation is 1. The Bertz CT molecular complexity index is 1200. The SMILES string of the molecule is CCc1ccc2c(COC(=O)[C@@H](Cc3ccccc3)n3cnnn3)cc(=O)oc2c1. The second kappa shape index (κ2) is 8.69. The van der Waals surface area contributed by atoms with E-state index in [1.165, 1.54) is 17.1 Å². The largest absolute Gasteiger partial charge is 0.459 e. The molecule has 0 aliphatic heterocycles. The zero-order valence-electron chi connectivity index (χ0n) is 16.4. The van der Waals surface area contributed by atoms with Crippen LogP contribution >= 0.6 is 0 Å². The normalized spacial score (nSPS) is 12.0. The summed E-state index contributed by atoms with van der Waals surface area (Å²) in [4.78, 5) is 24.9. The second-order valence-corrected chi connectivity index (χ2v) is 6.88. The topological polar surface area (TPSA) is 100 Å². The van der Waals surface area contributed by atoms with E-state index in [9.17, 15) is 9.59 Å². The number of ether oxygens (including phenoxy) is 1. The fraction of sp³-hybridized carbons (Fsp3) is 0.227. The predicted octanol–water partition coefficient (Wildman–Crippen LogP) is 2.87. The van der Waals surface area contributed by atoms with Crippen LogP contribution in [-0.4, -0.2) is 26.2 Å². The van der Waals surface area contributed by atoms with Crippen LogP contribution in [0.15, 0.2) is 70.1 Å². The maximum Gasteiger partial charge on any atom is 0.336 e. The molecule has 0 saturated heterocycles. The van der Waals surface area contributed by atoms with Crippen LogP contribution in [0.2, 0.25) is 0 Å². The van der Waals surface area contributed by atoms with Crippen LogP contribution in [0.1, 0.15) is 29.7 Å². The van der Waals surface area contributed by atoms with Crippen molar-refractivity contribution in [2.24, 2.45) is 0 Å². The minimum Gasteiger partial charge on any atom is -0.459 e. The number of esters is 1. The zero-order valence-corrected chi connectivity index (χ0v) is 16.4. The van der Waals surface area contributed by atoms with E-state index in [2.05, 4.69) is 15.5 Å². The quantitative estimate of drug-likeness (QED) is 0.345. The van der Waals surface area contributed by atoms with E-state index in [0.717, 1.165) is 22.9 Å². The van der Waals surface area contributed by atoms with Crippen LogP contribution in [0.4, 0.5) is 0 Å². The molecule has 0 aliphatic rings. The Morgan fingerprint density at radius 2 is 1.97 bits per heavy atom. The first kappa shape index (κ1) is 19.5. The lowest BCUT2D eigenvalue weighted by Crippen LogP contribution is -2.25. The minimum absolute atomic E-state index is 0.0557. The molecule has 2 aromatic heterocycles. The maximum atomic E-state index is 12.9. The first-order valence-corrected chi connectivity index (χ1v) is 9.62. The summed E-state index contributed by atoms with van der Waals surface area (Å²) < 4.78 is 12.3. The molecule has 0 unspecified atom stereocenters. The van der Waals surface area contributed by atoms with Crippen LogP contribution in [0.5, 0.6) is 0 Å². The molecule has 0 radical (unpaired) electrons. The van der Waals surface area contributed by atoms with Crippen molar-refractivity contribution in [1.82, 2.24) is 20.2 Å². The first-order chi connectivity index (χ1) is 14.6. The number of fused-ring (bicyclic) bond motifs is 1. The summed E-state index contributed by atoms with van der Waals surface area (Å²) in [7, 11) is 0. The number of hydrogen-bond acceptors (Lipinski definition) is 7. The van der Waals surface area contributed by atoms with Gasteiger partial charge in [-0.15, -0.1) is 5.10 Å². The molecule has 152 valence electrons. The summed E-state index contributed by atoms with van der Waals surface area (Å²) in [6, 6.07) is 15.9. The Kier molecular flexibility index (Phi) is 5.65. The molecule has 0 amide bonds. The smallest absolute Gasteiger partial charge is 0.336 e. The molecular formula is C22H20N4O4. The molecule has 2 aromatic carbocycles. The van der Waals surface area contributed by atoms with Crippen molar-refractivity contribution in [2.45, 2.75) is 32.4 Å². The van der Waals surface area contributed by atoms with Gasteiger partial charge in [0.05, 0.1) is 0 Å². The predicted molar refractivity (Wildman–Crippen MR) is 109 cm³/mol. The summed E-state index contributed by atoms with van der Waals surface area (Å²) in [5.41, 5.74) is 2.60. The number of hydrogen-bond donors (Lipinski definition) is 0. The molecule has 0 bridgehead atoms. The average molecular weight is 404 g/mol. The molecular weight excluding hydrogens is 384 g/mol. The molecule has 1 atom stereocenters. The van der Waals surface area contributed by atoms with Gasteiger partial charge in [-0.25, -0.2) is 14.3 Å². The van der Waals surface area contributed by atoms with Gasteiger partial charge in [0, 0.05) is 23.4 Å². The second-order valence-electron chi connectivity index (χ2n) is 6.88. The highest BCUT2D eigenvalue weighted by Gasteiger charge is 2.24. The first-order valence-electron chi connectivity index (χ1n) is 9.62. The van der Waals surface area contributed by atoms with Crippen molar-refractivity contribution in [1.29, 1.82) is 0 Å². The summed E-state index contributed by atoms with van der Waals surface area (Å²) in [6.07, 6.45) is 2.59. The molecule has 0 spiro atoms. The van der Waals surface area contributed by atoms with Crippen molar-refractivity contribution in [2.75, 3.05) is 0 Å². The summed E-state index contributed by atoms with van der Waals surface area (Å²) in [5.74, 6) is -0.488. The van der Waals surface area contributed by atoms with E-state index in [0.29, 0.717) is 17.6 Å². The molecule has 0 aliphatic carbocycles. The van der Waals surface area contributed by atoms with Gasteiger partial charge in [-0.3, -0.25) is 0 Å². The lowest BCUT2D eigenvalue weighted by atomic mass is 10.1. The highest BCUT2D eigenvalue weighted by molar-refractivity contribution is 5.81. The Balaban J connectivity index is 1.57. The molecule has 4 rings (SSSR count). The molecule has 0 N–H and O–H groups in total. The van der Waals surface area contributed by atoms with Crippen molar-refractivity contribution in [3.8, 4) is 0 Å². The van der Waals surface area contributed by atoms with E-state index in [-0.39, 0.29) is 6.61 Å². The van der Waals surface area contributed by atoms with E-state index < -0.39 is 17.6 Å². The van der Waals surface area contributed by atoms with Gasteiger partial charge in [-0.05, 0) is 34.0 Å². The van der Waals surface area contributed by atoms with Crippen molar-refractivity contribution >= 4 is 16.9 Å². The number of nitrogens with zero attached hydrogens (tertiary/aromatic N) is 4. The van der Waals surface area contributed by atoms with Crippen molar-refractivity contribution < 1.29 is 13.9 Å². The van der Waals surface area contributed by atoms with E-state index in [1.807, 2.05) is 55.5 Å². The standard InChI is InChI=1S/C22H20N4O4/c1-2-15-8-9-18-17(12-21(27)30-20(18)11-15)13-29-22(28)19(26-14-23-24-25-26)10-16-6-4-3-5-7-16/h3-9,11-12,14,19H,2,10,13H2,1H3/t19-/m1/s1. The number of carbonyl (C=O) groups excluding carboxylic acids is 1. The Morgan fingerprint density at radius 1 is 1.13 bits per heavy atom. The van der Waals surface area contributed by atoms with Crippen molar-refractivity contribution in [3.63, 3.8) is 0 Å². The highest BCUT2D eigenvalue weighted by atomic mass is 16.5. The monoisotopic (exact) mass is 404 g/mol. The van der Waals surface area contributed by atoms with Gasteiger partial charge in [-0.1, -0.05) is 49.4 Å². The van der Waals surface area contributed by atoms with Crippen LogP contribution in [0, 0.1) is 0 Å². The van der Waals surface area contributed by atoms with E-state index >= 15 is 0 Å². The molecule has 8 heteroatoms. The Labute approximate surface area is 172 Å². The maximum absolute atomic E-state index is 12.9. The molecule has 0 saturated carbocycles. The fourth-order valence-electron chi connectivity index (χ4n) is 3.29. The Hall–Kier alpha value is -3.81. The van der Waals surface area contributed by atoms with Crippen LogP contribution < -0.4 is 5.63 Å². The molecule has 4 aromatic rings. The molecule has 8 nitrogen and oxygen atoms in total. The van der Waals surface area contributed by atoms with Gasteiger partial charge in [0.1, 0.15) is 18.5 Å². The highest BCUT2D eigenvalue weighted by Crippen LogP contribution is 2.21. The molecule has 30 heavy (non-hydrogen) atoms. The summed E-state index contributed by atoms with van der Waals surface area (Å²) >= 11 is 0. The lowest BCUT2D eigenvalue weighted by Gasteiger charge is -2.16. The average Bonchev–Trinajstić information content (AvgIpc) is 3.30. The summed E-state index contributed by atoms with van der Waals surface area (Å²) in [6.45, 7) is 1.97. The van der Waals surface area contributed by atoms with Crippen molar-refractivity contribution in [3.05, 3.63) is 88.0 Å². The van der Waals surface area contributed by atoms with Gasteiger partial charge in [0.15, 0.2) is 6.04 Å². The van der Waals surface area contributed by atoms with Crippen LogP contribution in [0.3, 0.4) is 0 Å². The van der Waals surface area contributed by atoms with Gasteiger partial charge >= 0.3 is 11.6 Å². The zero-order chi connectivity index (χ0) is 20.9. The third-order valence-corrected chi connectivity index (χ3v) is 4.90. The Morgan fingerprint density at radius 3 is 2.70 bits per heavy atom. The van der Waals surface area contributed by atoms with Gasteiger partial charge in [0.25, 0.3) is 0 Å².